The number of nitrogens with one attached hydrogen (secondary N) is 1. The minimum atomic E-state index is -3.67. The van der Waals surface area contributed by atoms with E-state index in [1.54, 1.807) is 35.6 Å². The first-order valence-electron chi connectivity index (χ1n) is 8.92. The van der Waals surface area contributed by atoms with Crippen LogP contribution in [0.4, 0.5) is 5.69 Å². The van der Waals surface area contributed by atoms with Crippen molar-refractivity contribution < 1.29 is 18.0 Å². The summed E-state index contributed by atoms with van der Waals surface area (Å²) in [6.45, 7) is 2.25. The first-order chi connectivity index (χ1) is 13.8. The van der Waals surface area contributed by atoms with Crippen molar-refractivity contribution in [3.05, 3.63) is 68.0 Å². The van der Waals surface area contributed by atoms with Gasteiger partial charge < -0.3 is 5.32 Å². The SMILES string of the molecule is CC(=O)c1ccc(C(=O)Nc2cccc(S(=O)(=O)N3CCc4sccc4C3)c2)s1. The molecule has 0 atom stereocenters. The molecule has 3 aromatic rings. The number of ketones is 1. The van der Waals surface area contributed by atoms with Gasteiger partial charge in [0, 0.05) is 23.7 Å². The van der Waals surface area contributed by atoms with Gasteiger partial charge in [0.15, 0.2) is 5.78 Å². The number of carbonyl (C=O) groups is 2. The van der Waals surface area contributed by atoms with Gasteiger partial charge >= 0.3 is 0 Å². The number of hydrogen-bond donors (Lipinski definition) is 1. The molecule has 150 valence electrons. The van der Waals surface area contributed by atoms with Crippen LogP contribution in [0.5, 0.6) is 0 Å². The maximum absolute atomic E-state index is 13.1. The number of carbonyl (C=O) groups excluding carboxylic acids is 2. The molecule has 0 fully saturated rings. The summed E-state index contributed by atoms with van der Waals surface area (Å²) in [6.07, 6.45) is 0.708. The van der Waals surface area contributed by atoms with E-state index in [9.17, 15) is 18.0 Å². The molecule has 0 unspecified atom stereocenters. The van der Waals surface area contributed by atoms with Crippen LogP contribution >= 0.6 is 22.7 Å². The van der Waals surface area contributed by atoms with Crippen molar-refractivity contribution in [3.8, 4) is 0 Å². The summed E-state index contributed by atoms with van der Waals surface area (Å²) in [4.78, 5) is 26.1. The maximum Gasteiger partial charge on any atom is 0.265 e. The van der Waals surface area contributed by atoms with Crippen molar-refractivity contribution in [1.82, 2.24) is 4.31 Å². The van der Waals surface area contributed by atoms with E-state index in [4.69, 9.17) is 0 Å². The van der Waals surface area contributed by atoms with Crippen molar-refractivity contribution in [1.29, 1.82) is 0 Å². The second-order valence-electron chi connectivity index (χ2n) is 6.66. The third-order valence-corrected chi connectivity index (χ3v) is 8.73. The van der Waals surface area contributed by atoms with Crippen molar-refractivity contribution in [3.63, 3.8) is 0 Å². The number of rotatable bonds is 5. The largest absolute Gasteiger partial charge is 0.321 e. The zero-order valence-electron chi connectivity index (χ0n) is 15.5. The second-order valence-corrected chi connectivity index (χ2v) is 10.7. The predicted molar refractivity (Wildman–Crippen MR) is 114 cm³/mol. The van der Waals surface area contributed by atoms with Gasteiger partial charge in [0.25, 0.3) is 5.91 Å². The molecule has 1 aliphatic rings. The summed E-state index contributed by atoms with van der Waals surface area (Å²) in [5.74, 6) is -0.476. The van der Waals surface area contributed by atoms with Crippen molar-refractivity contribution in [2.24, 2.45) is 0 Å². The molecular formula is C20H18N2O4S3. The van der Waals surface area contributed by atoms with E-state index < -0.39 is 10.0 Å². The van der Waals surface area contributed by atoms with Crippen molar-refractivity contribution in [2.75, 3.05) is 11.9 Å². The third-order valence-electron chi connectivity index (χ3n) is 4.68. The van der Waals surface area contributed by atoms with Crippen LogP contribution in [0, 0.1) is 0 Å². The minimum absolute atomic E-state index is 0.0996. The highest BCUT2D eigenvalue weighted by Gasteiger charge is 2.29. The molecule has 9 heteroatoms. The van der Waals surface area contributed by atoms with Crippen LogP contribution in [-0.2, 0) is 23.0 Å². The summed E-state index contributed by atoms with van der Waals surface area (Å²) in [7, 11) is -3.67. The summed E-state index contributed by atoms with van der Waals surface area (Å²) in [5.41, 5.74) is 1.44. The molecular weight excluding hydrogens is 428 g/mol. The monoisotopic (exact) mass is 446 g/mol. The number of fused-ring (bicyclic) bond motifs is 1. The fourth-order valence-corrected chi connectivity index (χ4v) is 6.30. The molecule has 1 amide bonds. The van der Waals surface area contributed by atoms with Gasteiger partial charge in [-0.1, -0.05) is 6.07 Å². The third kappa shape index (κ3) is 4.04. The number of sulfonamides is 1. The Kier molecular flexibility index (Phi) is 5.39. The molecule has 2 aromatic heterocycles. The minimum Gasteiger partial charge on any atom is -0.321 e. The Bertz CT molecular complexity index is 1190. The molecule has 1 aromatic carbocycles. The lowest BCUT2D eigenvalue weighted by molar-refractivity contribution is 0.101. The number of benzene rings is 1. The Morgan fingerprint density at radius 1 is 1.10 bits per heavy atom. The predicted octanol–water partition coefficient (Wildman–Crippen LogP) is 4.01. The number of thiophene rings is 2. The second kappa shape index (κ2) is 7.83. The Morgan fingerprint density at radius 2 is 1.90 bits per heavy atom. The highest BCUT2D eigenvalue weighted by atomic mass is 32.2. The summed E-state index contributed by atoms with van der Waals surface area (Å²) >= 11 is 2.76. The van der Waals surface area contributed by atoms with Gasteiger partial charge in [-0.2, -0.15) is 4.31 Å². The number of anilines is 1. The number of amides is 1. The fraction of sp³-hybridized carbons (Fsp3) is 0.200. The zero-order chi connectivity index (χ0) is 20.6. The van der Waals surface area contributed by atoms with E-state index in [2.05, 4.69) is 5.32 Å². The fourth-order valence-electron chi connectivity index (χ4n) is 3.15. The first-order valence-corrected chi connectivity index (χ1v) is 12.1. The molecule has 0 bridgehead atoms. The lowest BCUT2D eigenvalue weighted by atomic mass is 10.1. The van der Waals surface area contributed by atoms with Gasteiger partial charge in [0.1, 0.15) is 0 Å². The molecule has 0 aliphatic carbocycles. The van der Waals surface area contributed by atoms with Crippen LogP contribution in [0.3, 0.4) is 0 Å². The van der Waals surface area contributed by atoms with Gasteiger partial charge in [-0.25, -0.2) is 8.42 Å². The van der Waals surface area contributed by atoms with Gasteiger partial charge in [-0.3, -0.25) is 9.59 Å². The lowest BCUT2D eigenvalue weighted by Crippen LogP contribution is -2.35. The summed E-state index contributed by atoms with van der Waals surface area (Å²) in [5, 5.41) is 4.70. The summed E-state index contributed by atoms with van der Waals surface area (Å²) in [6, 6.07) is 11.4. The van der Waals surface area contributed by atoms with E-state index in [1.165, 1.54) is 28.2 Å². The molecule has 0 saturated heterocycles. The average Bonchev–Trinajstić information content (AvgIpc) is 3.37. The smallest absolute Gasteiger partial charge is 0.265 e. The van der Waals surface area contributed by atoms with E-state index >= 15 is 0 Å². The van der Waals surface area contributed by atoms with E-state index in [0.29, 0.717) is 35.0 Å². The van der Waals surface area contributed by atoms with Crippen molar-refractivity contribution >= 4 is 50.1 Å². The highest BCUT2D eigenvalue weighted by Crippen LogP contribution is 2.29. The van der Waals surface area contributed by atoms with Crippen LogP contribution in [-0.4, -0.2) is 31.0 Å². The Morgan fingerprint density at radius 3 is 2.66 bits per heavy atom. The van der Waals surface area contributed by atoms with Crippen LogP contribution in [0.1, 0.15) is 36.7 Å². The molecule has 0 spiro atoms. The van der Waals surface area contributed by atoms with Gasteiger partial charge in [0.2, 0.25) is 10.0 Å². The van der Waals surface area contributed by atoms with Crippen LogP contribution in [0.15, 0.2) is 52.7 Å². The van der Waals surface area contributed by atoms with Gasteiger partial charge in [-0.05, 0) is 60.7 Å². The number of hydrogen-bond acceptors (Lipinski definition) is 6. The molecule has 6 nitrogen and oxygen atoms in total. The Balaban J connectivity index is 1.53. The zero-order valence-corrected chi connectivity index (χ0v) is 18.0. The molecule has 3 heterocycles. The van der Waals surface area contributed by atoms with Crippen LogP contribution < -0.4 is 5.32 Å². The van der Waals surface area contributed by atoms with Gasteiger partial charge in [0.05, 0.1) is 14.6 Å². The van der Waals surface area contributed by atoms with E-state index in [-0.39, 0.29) is 16.6 Å². The molecule has 1 aliphatic heterocycles. The van der Waals surface area contributed by atoms with E-state index in [1.807, 2.05) is 11.4 Å². The number of Topliss-reactive ketones (excluding diaryl/α,β-unsaturated/α-hetero) is 1. The van der Waals surface area contributed by atoms with Crippen LogP contribution in [0.2, 0.25) is 0 Å². The molecule has 1 N–H and O–H groups in total. The topological polar surface area (TPSA) is 83.5 Å². The standard InChI is InChI=1S/C20H18N2O4S3/c1-13(23)17-5-6-19(28-17)20(24)21-15-3-2-4-16(11-15)29(25,26)22-9-7-18-14(12-22)8-10-27-18/h2-6,8,10-11H,7,9,12H2,1H3,(H,21,24). The van der Waals surface area contributed by atoms with Gasteiger partial charge in [-0.15, -0.1) is 22.7 Å². The maximum atomic E-state index is 13.1. The van der Waals surface area contributed by atoms with Crippen molar-refractivity contribution in [2.45, 2.75) is 24.8 Å². The highest BCUT2D eigenvalue weighted by molar-refractivity contribution is 7.89. The van der Waals surface area contributed by atoms with E-state index in [0.717, 1.165) is 16.9 Å². The molecule has 0 saturated carbocycles. The number of nitrogens with zero attached hydrogens (tertiary/aromatic N) is 1. The quantitative estimate of drug-likeness (QED) is 0.600. The Labute approximate surface area is 176 Å². The Hall–Kier alpha value is -2.33. The average molecular weight is 447 g/mol. The molecule has 0 radical (unpaired) electrons. The van der Waals surface area contributed by atoms with Crippen LogP contribution in [0.25, 0.3) is 0 Å². The normalized spacial score (nSPS) is 14.4. The lowest BCUT2D eigenvalue weighted by Gasteiger charge is -2.26. The first kappa shape index (κ1) is 20.0. The summed E-state index contributed by atoms with van der Waals surface area (Å²) < 4.78 is 27.6. The molecule has 29 heavy (non-hydrogen) atoms. The molecule has 4 rings (SSSR count).